The summed E-state index contributed by atoms with van der Waals surface area (Å²) in [5.41, 5.74) is 1.45. The van der Waals surface area contributed by atoms with Crippen molar-refractivity contribution in [2.24, 2.45) is 5.92 Å². The number of likely N-dealkylation sites (tertiary alicyclic amines) is 1. The Hall–Kier alpha value is -1.52. The third kappa shape index (κ3) is 1.78. The maximum atomic E-state index is 12.5. The van der Waals surface area contributed by atoms with E-state index >= 15 is 0 Å². The van der Waals surface area contributed by atoms with Gasteiger partial charge in [-0.05, 0) is 25.7 Å². The summed E-state index contributed by atoms with van der Waals surface area (Å²) in [6.07, 6.45) is 2.31. The van der Waals surface area contributed by atoms with Crippen molar-refractivity contribution in [1.29, 1.82) is 0 Å². The van der Waals surface area contributed by atoms with Crippen molar-refractivity contribution in [2.75, 3.05) is 19.7 Å². The number of amides is 1. The number of piperidine rings is 1. The lowest BCUT2D eigenvalue weighted by atomic mass is 10.00. The zero-order valence-corrected chi connectivity index (χ0v) is 11.0. The normalized spacial score (nSPS) is 22.8. The van der Waals surface area contributed by atoms with Crippen LogP contribution in [0.5, 0.6) is 5.88 Å². The summed E-state index contributed by atoms with van der Waals surface area (Å²) in [7, 11) is 0. The summed E-state index contributed by atoms with van der Waals surface area (Å²) < 4.78 is 7.30. The van der Waals surface area contributed by atoms with E-state index in [0.29, 0.717) is 18.2 Å². The molecule has 98 valence electrons. The minimum atomic E-state index is 0.0598. The molecule has 0 aliphatic carbocycles. The van der Waals surface area contributed by atoms with Crippen LogP contribution in [0.4, 0.5) is 0 Å². The molecule has 5 nitrogen and oxygen atoms in total. The fourth-order valence-corrected chi connectivity index (χ4v) is 2.83. The minimum absolute atomic E-state index is 0.0598. The molecule has 5 heteroatoms. The number of carbonyl (C=O) groups is 1. The molecule has 1 amide bonds. The summed E-state index contributed by atoms with van der Waals surface area (Å²) in [6.45, 7) is 7.23. The highest BCUT2D eigenvalue weighted by Crippen LogP contribution is 2.27. The van der Waals surface area contributed by atoms with Gasteiger partial charge in [-0.15, -0.1) is 0 Å². The molecule has 1 fully saturated rings. The molecule has 1 saturated heterocycles. The third-order valence-electron chi connectivity index (χ3n) is 3.82. The zero-order valence-electron chi connectivity index (χ0n) is 11.0. The number of nitrogens with zero attached hydrogens (tertiary/aromatic N) is 3. The van der Waals surface area contributed by atoms with Gasteiger partial charge in [0.05, 0.1) is 6.54 Å². The van der Waals surface area contributed by atoms with E-state index in [1.807, 2.05) is 11.8 Å². The van der Waals surface area contributed by atoms with Crippen LogP contribution in [0, 0.1) is 12.8 Å². The molecule has 0 spiro atoms. The molecule has 0 radical (unpaired) electrons. The number of ether oxygens (including phenoxy) is 1. The van der Waals surface area contributed by atoms with Crippen molar-refractivity contribution < 1.29 is 9.53 Å². The lowest BCUT2D eigenvalue weighted by Gasteiger charge is -2.30. The summed E-state index contributed by atoms with van der Waals surface area (Å²) in [6, 6.07) is 0. The highest BCUT2D eigenvalue weighted by atomic mass is 16.5. The van der Waals surface area contributed by atoms with Crippen molar-refractivity contribution in [3.63, 3.8) is 0 Å². The first-order valence-electron chi connectivity index (χ1n) is 6.66. The molecular weight excluding hydrogens is 230 g/mol. The van der Waals surface area contributed by atoms with Crippen molar-refractivity contribution >= 4 is 5.91 Å². The number of fused-ring (bicyclic) bond motifs is 1. The Morgan fingerprint density at radius 1 is 1.44 bits per heavy atom. The van der Waals surface area contributed by atoms with Gasteiger partial charge in [0.1, 0.15) is 6.61 Å². The van der Waals surface area contributed by atoms with Crippen LogP contribution in [0.2, 0.25) is 0 Å². The monoisotopic (exact) mass is 249 g/mol. The second kappa shape index (κ2) is 4.30. The lowest BCUT2D eigenvalue weighted by molar-refractivity contribution is 0.0675. The maximum absolute atomic E-state index is 12.5. The molecule has 1 aromatic heterocycles. The molecular formula is C13H19N3O2. The first-order chi connectivity index (χ1) is 8.66. The SMILES string of the molecule is Cc1c(C(=O)N2CCCC(C)C2)nn2c1OCC2. The van der Waals surface area contributed by atoms with Crippen molar-refractivity contribution in [3.8, 4) is 5.88 Å². The van der Waals surface area contributed by atoms with Crippen LogP contribution in [-0.4, -0.2) is 40.3 Å². The van der Waals surface area contributed by atoms with Gasteiger partial charge >= 0.3 is 0 Å². The lowest BCUT2D eigenvalue weighted by Crippen LogP contribution is -2.39. The van der Waals surface area contributed by atoms with Gasteiger partial charge in [0.25, 0.3) is 5.91 Å². The van der Waals surface area contributed by atoms with Crippen LogP contribution in [0.3, 0.4) is 0 Å². The predicted octanol–water partition coefficient (Wildman–Crippen LogP) is 1.46. The Labute approximate surface area is 107 Å². The average molecular weight is 249 g/mol. The van der Waals surface area contributed by atoms with E-state index in [4.69, 9.17) is 4.74 Å². The molecule has 0 bridgehead atoms. The molecule has 1 atom stereocenters. The Bertz CT molecular complexity index is 481. The summed E-state index contributed by atoms with van der Waals surface area (Å²) in [4.78, 5) is 14.4. The van der Waals surface area contributed by atoms with Crippen LogP contribution in [0.15, 0.2) is 0 Å². The molecule has 0 saturated carbocycles. The molecule has 1 unspecified atom stereocenters. The Kier molecular flexibility index (Phi) is 2.76. The van der Waals surface area contributed by atoms with Crippen LogP contribution >= 0.6 is 0 Å². The predicted molar refractivity (Wildman–Crippen MR) is 66.8 cm³/mol. The first kappa shape index (κ1) is 11.6. The second-order valence-electron chi connectivity index (χ2n) is 5.35. The van der Waals surface area contributed by atoms with Gasteiger partial charge < -0.3 is 9.64 Å². The van der Waals surface area contributed by atoms with Crippen LogP contribution in [0.25, 0.3) is 0 Å². The van der Waals surface area contributed by atoms with Gasteiger partial charge in [-0.3, -0.25) is 4.79 Å². The number of carbonyl (C=O) groups excluding carboxylic acids is 1. The maximum Gasteiger partial charge on any atom is 0.274 e. The molecule has 3 rings (SSSR count). The third-order valence-corrected chi connectivity index (χ3v) is 3.82. The molecule has 2 aliphatic heterocycles. The zero-order chi connectivity index (χ0) is 12.7. The Morgan fingerprint density at radius 2 is 2.28 bits per heavy atom. The molecule has 0 N–H and O–H groups in total. The van der Waals surface area contributed by atoms with Crippen LogP contribution in [0.1, 0.15) is 35.8 Å². The quantitative estimate of drug-likeness (QED) is 0.757. The Balaban J connectivity index is 1.84. The molecule has 1 aromatic rings. The van der Waals surface area contributed by atoms with Gasteiger partial charge in [-0.25, -0.2) is 4.68 Å². The molecule has 18 heavy (non-hydrogen) atoms. The number of hydrogen-bond acceptors (Lipinski definition) is 3. The van der Waals surface area contributed by atoms with Crippen molar-refractivity contribution in [2.45, 2.75) is 33.2 Å². The summed E-state index contributed by atoms with van der Waals surface area (Å²) in [5.74, 6) is 1.42. The fraction of sp³-hybridized carbons (Fsp3) is 0.692. The highest BCUT2D eigenvalue weighted by Gasteiger charge is 2.29. The largest absolute Gasteiger partial charge is 0.476 e. The van der Waals surface area contributed by atoms with Crippen molar-refractivity contribution in [3.05, 3.63) is 11.3 Å². The number of hydrogen-bond donors (Lipinski definition) is 0. The minimum Gasteiger partial charge on any atom is -0.476 e. The first-order valence-corrected chi connectivity index (χ1v) is 6.66. The standard InChI is InChI=1S/C13H19N3O2/c1-9-4-3-5-15(8-9)12(17)11-10(2)13-16(14-11)6-7-18-13/h9H,3-8H2,1-2H3. The highest BCUT2D eigenvalue weighted by molar-refractivity contribution is 5.94. The van der Waals surface area contributed by atoms with Gasteiger partial charge in [0.2, 0.25) is 5.88 Å². The van der Waals surface area contributed by atoms with Gasteiger partial charge in [0.15, 0.2) is 5.69 Å². The van der Waals surface area contributed by atoms with E-state index in [1.165, 1.54) is 6.42 Å². The fourth-order valence-electron chi connectivity index (χ4n) is 2.83. The van der Waals surface area contributed by atoms with E-state index < -0.39 is 0 Å². The number of aromatic nitrogens is 2. The van der Waals surface area contributed by atoms with E-state index in [0.717, 1.165) is 37.5 Å². The van der Waals surface area contributed by atoms with Crippen LogP contribution in [-0.2, 0) is 6.54 Å². The van der Waals surface area contributed by atoms with E-state index in [2.05, 4.69) is 12.0 Å². The summed E-state index contributed by atoms with van der Waals surface area (Å²) >= 11 is 0. The van der Waals surface area contributed by atoms with Crippen molar-refractivity contribution in [1.82, 2.24) is 14.7 Å². The Morgan fingerprint density at radius 3 is 3.00 bits per heavy atom. The van der Waals surface area contributed by atoms with Gasteiger partial charge in [-0.2, -0.15) is 5.10 Å². The second-order valence-corrected chi connectivity index (χ2v) is 5.35. The van der Waals surface area contributed by atoms with Gasteiger partial charge in [-0.1, -0.05) is 6.92 Å². The van der Waals surface area contributed by atoms with Crippen LogP contribution < -0.4 is 4.74 Å². The van der Waals surface area contributed by atoms with Gasteiger partial charge in [0, 0.05) is 18.7 Å². The molecule has 0 aromatic carbocycles. The molecule has 2 aliphatic rings. The summed E-state index contributed by atoms with van der Waals surface area (Å²) in [5, 5.41) is 4.39. The number of rotatable bonds is 1. The van der Waals surface area contributed by atoms with E-state index in [9.17, 15) is 4.79 Å². The van der Waals surface area contributed by atoms with E-state index in [-0.39, 0.29) is 5.91 Å². The topological polar surface area (TPSA) is 47.4 Å². The average Bonchev–Trinajstić information content (AvgIpc) is 2.92. The molecule has 3 heterocycles. The van der Waals surface area contributed by atoms with E-state index in [1.54, 1.807) is 4.68 Å². The smallest absolute Gasteiger partial charge is 0.274 e.